The van der Waals surface area contributed by atoms with Crippen LogP contribution < -0.4 is 11.1 Å². The van der Waals surface area contributed by atoms with Crippen LogP contribution in [0.2, 0.25) is 0 Å². The van der Waals surface area contributed by atoms with Crippen molar-refractivity contribution >= 4 is 97.3 Å². The number of rotatable bonds is 10. The van der Waals surface area contributed by atoms with Gasteiger partial charge < -0.3 is 15.8 Å². The van der Waals surface area contributed by atoms with Crippen molar-refractivity contribution in [3.05, 3.63) is 104 Å². The summed E-state index contributed by atoms with van der Waals surface area (Å²) in [6.45, 7) is 0. The molecule has 10 nitrogen and oxygen atoms in total. The van der Waals surface area contributed by atoms with Gasteiger partial charge in [-0.25, -0.2) is 9.78 Å². The first-order valence-electron chi connectivity index (χ1n) is 13.1. The Morgan fingerprint density at radius 2 is 1.84 bits per heavy atom. The molecule has 6 rings (SSSR count). The first kappa shape index (κ1) is 30.8. The Balaban J connectivity index is 1.28. The van der Waals surface area contributed by atoms with Crippen molar-refractivity contribution in [2.45, 2.75) is 21.9 Å². The molecule has 2 aliphatic heterocycles. The van der Waals surface area contributed by atoms with Crippen molar-refractivity contribution in [3.8, 4) is 0 Å². The van der Waals surface area contributed by atoms with Crippen LogP contribution in [0.3, 0.4) is 0 Å². The molecule has 4 heterocycles. The van der Waals surface area contributed by atoms with Gasteiger partial charge in [-0.05, 0) is 20.8 Å². The summed E-state index contributed by atoms with van der Waals surface area (Å²) < 4.78 is 8.57. The predicted octanol–water partition coefficient (Wildman–Crippen LogP) is 5.13. The van der Waals surface area contributed by atoms with Gasteiger partial charge in [0.25, 0.3) is 11.8 Å². The molecule has 0 saturated carbocycles. The van der Waals surface area contributed by atoms with E-state index in [0.717, 1.165) is 21.0 Å². The molecule has 44 heavy (non-hydrogen) atoms. The molecule has 2 amide bonds. The summed E-state index contributed by atoms with van der Waals surface area (Å²) in [7, 11) is 0. The number of nitrogen functional groups attached to an aromatic ring is 1. The van der Waals surface area contributed by atoms with Crippen LogP contribution in [0, 0.1) is 0 Å². The number of β-lactam (4-membered cyclic amide) rings is 1. The summed E-state index contributed by atoms with van der Waals surface area (Å²) >= 11 is 7.53. The minimum absolute atomic E-state index is 0.204. The molecule has 1 saturated heterocycles. The number of nitrogens with zero attached hydrogens (tertiary/aromatic N) is 4. The van der Waals surface area contributed by atoms with Crippen molar-refractivity contribution in [2.75, 3.05) is 17.2 Å². The number of halogens is 1. The van der Waals surface area contributed by atoms with Gasteiger partial charge in [0.05, 0.1) is 11.3 Å². The van der Waals surface area contributed by atoms with Gasteiger partial charge in [-0.15, -0.1) is 33.3 Å². The summed E-state index contributed by atoms with van der Waals surface area (Å²) in [6.07, 6.45) is -0.684. The summed E-state index contributed by atoms with van der Waals surface area (Å²) in [5, 5.41) is 12.4. The minimum atomic E-state index is -0.825. The maximum absolute atomic E-state index is 14.1. The quantitative estimate of drug-likeness (QED) is 0.0733. The number of benzene rings is 2. The number of esters is 1. The lowest BCUT2D eigenvalue weighted by Gasteiger charge is -2.49. The average molecular weight is 775 g/mol. The Hall–Kier alpha value is -3.25. The lowest BCUT2D eigenvalue weighted by molar-refractivity contribution is -0.154. The van der Waals surface area contributed by atoms with E-state index in [4.69, 9.17) is 10.5 Å². The number of nitrogens with two attached hydrogens (primary N) is 1. The highest BCUT2D eigenvalue weighted by atomic mass is 127. The van der Waals surface area contributed by atoms with Crippen molar-refractivity contribution in [3.63, 3.8) is 0 Å². The molecule has 2 atom stereocenters. The molecule has 0 spiro atoms. The molecule has 1 fully saturated rings. The monoisotopic (exact) mass is 774 g/mol. The van der Waals surface area contributed by atoms with Gasteiger partial charge in [-0.2, -0.15) is 0 Å². The van der Waals surface area contributed by atoms with Crippen LogP contribution in [-0.2, 0) is 19.1 Å². The van der Waals surface area contributed by atoms with Crippen LogP contribution in [0.15, 0.2) is 91.2 Å². The summed E-state index contributed by atoms with van der Waals surface area (Å²) in [4.78, 5) is 46.7. The zero-order valence-electron chi connectivity index (χ0n) is 22.7. The largest absolute Gasteiger partial charge is 0.448 e. The van der Waals surface area contributed by atoms with E-state index in [2.05, 4.69) is 20.5 Å². The Kier molecular flexibility index (Phi) is 9.65. The molecule has 0 bridgehead atoms. The average Bonchev–Trinajstić information content (AvgIpc) is 3.74. The Labute approximate surface area is 282 Å². The third-order valence-corrected chi connectivity index (χ3v) is 11.4. The van der Waals surface area contributed by atoms with E-state index in [1.807, 2.05) is 83.3 Å². The molecule has 0 radical (unpaired) electrons. The van der Waals surface area contributed by atoms with E-state index in [1.165, 1.54) is 51.1 Å². The smallest absolute Gasteiger partial charge is 0.356 e. The fourth-order valence-electron chi connectivity index (χ4n) is 4.76. The topological polar surface area (TPSA) is 140 Å². The standard InChI is InChI=1S/C29H23IN6O4S4/c30-11-19(20-14-42-28(31)33-20)24(37)34-21-25(38)36-22(18(12-41-26(21)36)13-43-29-35-32-15-44-29)27(39)40-23(16-7-3-1-4-8-16)17-9-5-2-6-10-17/h1-11,14-15,21,23,26H,12-13H2,(H2,31,33)(H,34,37)/t21?,26-/m1/s1. The Bertz CT molecular complexity index is 1690. The fraction of sp³-hybridized carbons (Fsp3) is 0.172. The molecule has 224 valence electrons. The van der Waals surface area contributed by atoms with Crippen LogP contribution in [0.25, 0.3) is 5.57 Å². The first-order chi connectivity index (χ1) is 21.4. The molecular weight excluding hydrogens is 752 g/mol. The molecule has 1 unspecified atom stereocenters. The van der Waals surface area contributed by atoms with E-state index >= 15 is 0 Å². The molecule has 2 aliphatic rings. The number of nitrogens with one attached hydrogen (secondary N) is 1. The van der Waals surface area contributed by atoms with E-state index in [-0.39, 0.29) is 11.6 Å². The molecule has 3 N–H and O–H groups in total. The van der Waals surface area contributed by atoms with Crippen molar-refractivity contribution in [2.24, 2.45) is 0 Å². The van der Waals surface area contributed by atoms with Gasteiger partial charge in [0.2, 0.25) is 0 Å². The number of anilines is 1. The Morgan fingerprint density at radius 3 is 2.43 bits per heavy atom. The zero-order valence-corrected chi connectivity index (χ0v) is 28.1. The van der Waals surface area contributed by atoms with E-state index in [9.17, 15) is 14.4 Å². The van der Waals surface area contributed by atoms with Crippen LogP contribution in [0.1, 0.15) is 22.9 Å². The molecule has 2 aromatic heterocycles. The van der Waals surface area contributed by atoms with Gasteiger partial charge in [-0.3, -0.25) is 14.5 Å². The third-order valence-electron chi connectivity index (χ3n) is 6.82. The lowest BCUT2D eigenvalue weighted by atomic mass is 10.0. The van der Waals surface area contributed by atoms with Crippen molar-refractivity contribution in [1.82, 2.24) is 25.4 Å². The lowest BCUT2D eigenvalue weighted by Crippen LogP contribution is -2.70. The second-order valence-corrected chi connectivity index (χ2v) is 14.2. The van der Waals surface area contributed by atoms with Crippen LogP contribution in [0.5, 0.6) is 0 Å². The number of thioether (sulfide) groups is 2. The highest BCUT2D eigenvalue weighted by Gasteiger charge is 2.54. The number of hydrogen-bond acceptors (Lipinski definition) is 12. The van der Waals surface area contributed by atoms with Gasteiger partial charge in [-0.1, -0.05) is 106 Å². The molecule has 2 aromatic carbocycles. The van der Waals surface area contributed by atoms with Crippen molar-refractivity contribution < 1.29 is 19.1 Å². The van der Waals surface area contributed by atoms with Crippen molar-refractivity contribution in [1.29, 1.82) is 0 Å². The van der Waals surface area contributed by atoms with Gasteiger partial charge >= 0.3 is 5.97 Å². The fourth-order valence-corrected chi connectivity index (χ4v) is 8.89. The summed E-state index contributed by atoms with van der Waals surface area (Å²) in [5.41, 5.74) is 10.7. The molecule has 4 aromatic rings. The first-order valence-corrected chi connectivity index (χ1v) is 18.2. The molecule has 15 heteroatoms. The van der Waals surface area contributed by atoms with Crippen LogP contribution in [0.4, 0.5) is 5.13 Å². The Morgan fingerprint density at radius 1 is 1.14 bits per heavy atom. The maximum Gasteiger partial charge on any atom is 0.356 e. The second-order valence-electron chi connectivity index (χ2n) is 9.51. The minimum Gasteiger partial charge on any atom is -0.448 e. The van der Waals surface area contributed by atoms with E-state index in [1.54, 1.807) is 15.0 Å². The molecular formula is C29H23IN6O4S4. The SMILES string of the molecule is Nc1nc(C(=CI)C(=O)NC2C(=O)N3C(C(=O)OC(c4ccccc4)c4ccccc4)=C(CSc4nncs4)CS[C@H]23)cs1. The highest BCUT2D eigenvalue weighted by Crippen LogP contribution is 2.43. The number of fused-ring (bicyclic) bond motifs is 1. The normalized spacial score (nSPS) is 18.2. The van der Waals surface area contributed by atoms with Crippen LogP contribution >= 0.6 is 68.8 Å². The van der Waals surface area contributed by atoms with Gasteiger partial charge in [0.1, 0.15) is 22.6 Å². The number of carbonyl (C=O) groups is 3. The maximum atomic E-state index is 14.1. The summed E-state index contributed by atoms with van der Waals surface area (Å²) in [5.74, 6) is -0.542. The number of thiazole rings is 1. The predicted molar refractivity (Wildman–Crippen MR) is 182 cm³/mol. The van der Waals surface area contributed by atoms with Gasteiger partial charge in [0, 0.05) is 16.9 Å². The zero-order chi connectivity index (χ0) is 30.6. The third kappa shape index (κ3) is 6.42. The number of aromatic nitrogens is 3. The number of hydrogen-bond donors (Lipinski definition) is 2. The molecule has 0 aliphatic carbocycles. The summed E-state index contributed by atoms with van der Waals surface area (Å²) in [6, 6.07) is 18.1. The number of carbonyl (C=O) groups excluding carboxylic acids is 3. The van der Waals surface area contributed by atoms with E-state index in [0.29, 0.717) is 27.9 Å². The highest BCUT2D eigenvalue weighted by molar-refractivity contribution is 14.1. The van der Waals surface area contributed by atoms with Gasteiger partial charge in [0.15, 0.2) is 15.6 Å². The number of ether oxygens (including phenoxy) is 1. The van der Waals surface area contributed by atoms with Crippen LogP contribution in [-0.4, -0.2) is 60.8 Å². The second kappa shape index (κ2) is 13.8. The number of amides is 2. The van der Waals surface area contributed by atoms with E-state index < -0.39 is 29.4 Å².